The number of carbonyl (C=O) groups is 2. The minimum absolute atomic E-state index is 0.0877. The Morgan fingerprint density at radius 3 is 2.29 bits per heavy atom. The van der Waals surface area contributed by atoms with Gasteiger partial charge in [0.25, 0.3) is 0 Å². The van der Waals surface area contributed by atoms with Crippen LogP contribution in [0.1, 0.15) is 52.4 Å². The van der Waals surface area contributed by atoms with E-state index >= 15 is 0 Å². The van der Waals surface area contributed by atoms with Gasteiger partial charge in [0.2, 0.25) is 5.91 Å². The molecule has 0 unspecified atom stereocenters. The number of nitrogens with one attached hydrogen (secondary N) is 1. The van der Waals surface area contributed by atoms with E-state index in [1.807, 2.05) is 13.8 Å². The molecule has 0 bridgehead atoms. The summed E-state index contributed by atoms with van der Waals surface area (Å²) in [5, 5.41) is 13.1. The van der Waals surface area contributed by atoms with Crippen LogP contribution in [0.3, 0.4) is 0 Å². The van der Waals surface area contributed by atoms with Gasteiger partial charge in [-0.25, -0.2) is 0 Å². The Morgan fingerprint density at radius 2 is 1.88 bits per heavy atom. The second kappa shape index (κ2) is 6.15. The molecule has 4 heteroatoms. The number of hydrogen-bond donors (Lipinski definition) is 2. The van der Waals surface area contributed by atoms with Crippen molar-refractivity contribution < 1.29 is 14.7 Å². The van der Waals surface area contributed by atoms with Crippen molar-refractivity contribution in [3.05, 3.63) is 0 Å². The zero-order chi connectivity index (χ0) is 12.9. The molecule has 0 aromatic rings. The van der Waals surface area contributed by atoms with Crippen LogP contribution in [0.4, 0.5) is 0 Å². The first-order valence-corrected chi connectivity index (χ1v) is 6.52. The molecular weight excluding hydrogens is 218 g/mol. The normalized spacial score (nSPS) is 16.8. The molecule has 1 rings (SSSR count). The molecule has 17 heavy (non-hydrogen) atoms. The number of amides is 1. The molecule has 1 saturated carbocycles. The van der Waals surface area contributed by atoms with Crippen LogP contribution in [0.5, 0.6) is 0 Å². The fourth-order valence-electron chi connectivity index (χ4n) is 2.30. The largest absolute Gasteiger partial charge is 0.388 e. The summed E-state index contributed by atoms with van der Waals surface area (Å²) in [7, 11) is 0. The Bertz CT molecular complexity index is 274. The first-order valence-electron chi connectivity index (χ1n) is 6.52. The lowest BCUT2D eigenvalue weighted by Crippen LogP contribution is -2.47. The van der Waals surface area contributed by atoms with Gasteiger partial charge in [0, 0.05) is 19.4 Å². The number of ketones is 1. The van der Waals surface area contributed by atoms with Gasteiger partial charge in [0.05, 0.1) is 11.5 Å². The summed E-state index contributed by atoms with van der Waals surface area (Å²) in [5.74, 6) is -0.0900. The Labute approximate surface area is 103 Å². The van der Waals surface area contributed by atoms with E-state index in [2.05, 4.69) is 5.32 Å². The molecule has 2 N–H and O–H groups in total. The van der Waals surface area contributed by atoms with Crippen molar-refractivity contribution in [2.24, 2.45) is 5.92 Å². The number of aliphatic hydroxyl groups is 1. The lowest BCUT2D eigenvalue weighted by Gasteiger charge is -2.30. The average molecular weight is 241 g/mol. The predicted octanol–water partition coefficient (Wildman–Crippen LogP) is 1.41. The lowest BCUT2D eigenvalue weighted by molar-refractivity contribution is -0.138. The summed E-state index contributed by atoms with van der Waals surface area (Å²) in [6, 6.07) is 0. The molecule has 0 aromatic heterocycles. The Balaban J connectivity index is 2.35. The SMILES string of the molecule is CCCC(O)(CCC)CNC(=O)C1CC(=O)C1. The number of Topliss-reactive ketones (excluding diaryl/α,β-unsaturated/α-hetero) is 1. The van der Waals surface area contributed by atoms with Gasteiger partial charge in [0.1, 0.15) is 5.78 Å². The Hall–Kier alpha value is -0.900. The van der Waals surface area contributed by atoms with Gasteiger partial charge in [-0.3, -0.25) is 9.59 Å². The molecule has 0 spiro atoms. The zero-order valence-electron chi connectivity index (χ0n) is 10.8. The van der Waals surface area contributed by atoms with E-state index in [-0.39, 0.29) is 17.6 Å². The van der Waals surface area contributed by atoms with Gasteiger partial charge >= 0.3 is 0 Å². The summed E-state index contributed by atoms with van der Waals surface area (Å²) < 4.78 is 0. The highest BCUT2D eigenvalue weighted by molar-refractivity contribution is 5.96. The molecule has 0 aliphatic heterocycles. The molecule has 0 atom stereocenters. The van der Waals surface area contributed by atoms with Gasteiger partial charge in [-0.1, -0.05) is 26.7 Å². The van der Waals surface area contributed by atoms with E-state index in [0.29, 0.717) is 32.2 Å². The van der Waals surface area contributed by atoms with Crippen molar-refractivity contribution in [1.29, 1.82) is 0 Å². The van der Waals surface area contributed by atoms with Crippen molar-refractivity contribution in [2.45, 2.75) is 58.0 Å². The van der Waals surface area contributed by atoms with E-state index in [4.69, 9.17) is 0 Å². The van der Waals surface area contributed by atoms with Gasteiger partial charge < -0.3 is 10.4 Å². The van der Waals surface area contributed by atoms with Crippen molar-refractivity contribution in [3.63, 3.8) is 0 Å². The van der Waals surface area contributed by atoms with Crippen LogP contribution in [0.25, 0.3) is 0 Å². The van der Waals surface area contributed by atoms with Gasteiger partial charge in [-0.05, 0) is 12.8 Å². The van der Waals surface area contributed by atoms with Gasteiger partial charge in [0.15, 0.2) is 0 Å². The predicted molar refractivity (Wildman–Crippen MR) is 65.5 cm³/mol. The van der Waals surface area contributed by atoms with Crippen molar-refractivity contribution >= 4 is 11.7 Å². The van der Waals surface area contributed by atoms with Crippen molar-refractivity contribution in [3.8, 4) is 0 Å². The third-order valence-electron chi connectivity index (χ3n) is 3.34. The van der Waals surface area contributed by atoms with E-state index < -0.39 is 5.60 Å². The molecule has 98 valence electrons. The maximum absolute atomic E-state index is 11.7. The van der Waals surface area contributed by atoms with E-state index in [1.54, 1.807) is 0 Å². The smallest absolute Gasteiger partial charge is 0.224 e. The maximum atomic E-state index is 11.7. The van der Waals surface area contributed by atoms with Crippen LogP contribution in [0.2, 0.25) is 0 Å². The minimum Gasteiger partial charge on any atom is -0.388 e. The van der Waals surface area contributed by atoms with Crippen LogP contribution >= 0.6 is 0 Å². The summed E-state index contributed by atoms with van der Waals surface area (Å²) >= 11 is 0. The summed E-state index contributed by atoms with van der Waals surface area (Å²) in [5.41, 5.74) is -0.785. The van der Waals surface area contributed by atoms with E-state index in [9.17, 15) is 14.7 Å². The highest BCUT2D eigenvalue weighted by atomic mass is 16.3. The van der Waals surface area contributed by atoms with Crippen molar-refractivity contribution in [2.75, 3.05) is 6.54 Å². The summed E-state index contributed by atoms with van der Waals surface area (Å²) in [6.45, 7) is 4.35. The molecule has 0 saturated heterocycles. The van der Waals surface area contributed by atoms with Crippen LogP contribution in [-0.4, -0.2) is 28.9 Å². The fourth-order valence-corrected chi connectivity index (χ4v) is 2.30. The maximum Gasteiger partial charge on any atom is 0.224 e. The standard InChI is InChI=1S/C13H23NO3/c1-3-5-13(17,6-4-2)9-14-12(16)10-7-11(15)8-10/h10,17H,3-9H2,1-2H3,(H,14,16). The second-order valence-electron chi connectivity index (χ2n) is 5.09. The molecule has 1 aliphatic carbocycles. The molecule has 0 heterocycles. The molecule has 1 amide bonds. The molecule has 1 fully saturated rings. The van der Waals surface area contributed by atoms with E-state index in [0.717, 1.165) is 12.8 Å². The van der Waals surface area contributed by atoms with Gasteiger partial charge in [-0.2, -0.15) is 0 Å². The third-order valence-corrected chi connectivity index (χ3v) is 3.34. The summed E-state index contributed by atoms with van der Waals surface area (Å²) in [6.07, 6.45) is 3.93. The third kappa shape index (κ3) is 4.11. The molecule has 0 radical (unpaired) electrons. The highest BCUT2D eigenvalue weighted by Crippen LogP contribution is 2.23. The van der Waals surface area contributed by atoms with Crippen LogP contribution in [-0.2, 0) is 9.59 Å². The molecule has 4 nitrogen and oxygen atoms in total. The number of hydrogen-bond acceptors (Lipinski definition) is 3. The first-order chi connectivity index (χ1) is 8.00. The summed E-state index contributed by atoms with van der Waals surface area (Å²) in [4.78, 5) is 22.4. The van der Waals surface area contributed by atoms with Crippen LogP contribution < -0.4 is 5.32 Å². The average Bonchev–Trinajstić information content (AvgIpc) is 2.22. The lowest BCUT2D eigenvalue weighted by atomic mass is 9.83. The van der Waals surface area contributed by atoms with Crippen LogP contribution in [0, 0.1) is 5.92 Å². The van der Waals surface area contributed by atoms with Crippen LogP contribution in [0.15, 0.2) is 0 Å². The van der Waals surface area contributed by atoms with Gasteiger partial charge in [-0.15, -0.1) is 0 Å². The second-order valence-corrected chi connectivity index (χ2v) is 5.09. The molecule has 0 aromatic carbocycles. The minimum atomic E-state index is -0.785. The van der Waals surface area contributed by atoms with E-state index in [1.165, 1.54) is 0 Å². The quantitative estimate of drug-likeness (QED) is 0.708. The first kappa shape index (κ1) is 14.2. The number of rotatable bonds is 7. The Morgan fingerprint density at radius 1 is 1.35 bits per heavy atom. The molecular formula is C13H23NO3. The fraction of sp³-hybridized carbons (Fsp3) is 0.846. The zero-order valence-corrected chi connectivity index (χ0v) is 10.8. The van der Waals surface area contributed by atoms with Crippen molar-refractivity contribution in [1.82, 2.24) is 5.32 Å². The number of carbonyl (C=O) groups excluding carboxylic acids is 2. The highest BCUT2D eigenvalue weighted by Gasteiger charge is 2.34. The topological polar surface area (TPSA) is 66.4 Å². The molecule has 1 aliphatic rings. The Kier molecular flexibility index (Phi) is 5.12. The monoisotopic (exact) mass is 241 g/mol.